The van der Waals surface area contributed by atoms with Crippen LogP contribution >= 0.6 is 0 Å². The highest BCUT2D eigenvalue weighted by Crippen LogP contribution is 2.23. The van der Waals surface area contributed by atoms with Gasteiger partial charge in [0.25, 0.3) is 5.91 Å². The number of nitrogens with one attached hydrogen (secondary N) is 2. The van der Waals surface area contributed by atoms with Gasteiger partial charge >= 0.3 is 0 Å². The second kappa shape index (κ2) is 6.70. The van der Waals surface area contributed by atoms with Crippen LogP contribution in [0.5, 0.6) is 0 Å². The topological polar surface area (TPSA) is 82.2 Å². The van der Waals surface area contributed by atoms with Gasteiger partial charge < -0.3 is 15.4 Å². The van der Waals surface area contributed by atoms with Crippen molar-refractivity contribution in [3.05, 3.63) is 33.7 Å². The Hall–Kier alpha value is -1.62. The normalized spacial score (nSPS) is 23.1. The molecule has 2 atom stereocenters. The molecule has 1 saturated carbocycles. The van der Waals surface area contributed by atoms with Crippen molar-refractivity contribution < 1.29 is 9.90 Å². The third kappa shape index (κ3) is 3.48. The van der Waals surface area contributed by atoms with Crippen molar-refractivity contribution in [1.29, 1.82) is 0 Å². The average Bonchev–Trinajstić information content (AvgIpc) is 2.63. The number of aliphatic hydroxyl groups is 1. The van der Waals surface area contributed by atoms with Gasteiger partial charge in [-0.3, -0.25) is 9.59 Å². The molecule has 1 aromatic rings. The van der Waals surface area contributed by atoms with E-state index in [1.165, 1.54) is 12.3 Å². The van der Waals surface area contributed by atoms with Gasteiger partial charge in [0, 0.05) is 30.8 Å². The van der Waals surface area contributed by atoms with Gasteiger partial charge in [-0.05, 0) is 25.3 Å². The maximum absolute atomic E-state index is 12.3. The maximum atomic E-state index is 12.3. The highest BCUT2D eigenvalue weighted by atomic mass is 16.3. The maximum Gasteiger partial charge on any atom is 0.253 e. The fourth-order valence-electron chi connectivity index (χ4n) is 2.86. The molecule has 0 spiro atoms. The Kier molecular flexibility index (Phi) is 4.95. The zero-order valence-corrected chi connectivity index (χ0v) is 11.8. The Morgan fingerprint density at radius 2 is 2.15 bits per heavy atom. The molecule has 0 bridgehead atoms. The summed E-state index contributed by atoms with van der Waals surface area (Å²) in [7, 11) is 0. The van der Waals surface area contributed by atoms with Crippen LogP contribution in [-0.4, -0.2) is 28.6 Å². The van der Waals surface area contributed by atoms with Crippen molar-refractivity contribution in [2.24, 2.45) is 5.92 Å². The molecule has 3 N–H and O–H groups in total. The lowest BCUT2D eigenvalue weighted by atomic mass is 9.95. The predicted molar refractivity (Wildman–Crippen MR) is 76.7 cm³/mol. The predicted octanol–water partition coefficient (Wildman–Crippen LogP) is 1.35. The first-order chi connectivity index (χ1) is 9.61. The monoisotopic (exact) mass is 278 g/mol. The number of aromatic nitrogens is 1. The summed E-state index contributed by atoms with van der Waals surface area (Å²) in [5, 5.41) is 12.5. The molecule has 0 aliphatic heterocycles. The highest BCUT2D eigenvalue weighted by Gasteiger charge is 2.25. The second-order valence-corrected chi connectivity index (χ2v) is 5.55. The van der Waals surface area contributed by atoms with Crippen LogP contribution in [0.3, 0.4) is 0 Å². The second-order valence-electron chi connectivity index (χ2n) is 5.55. The molecule has 110 valence electrons. The molecule has 2 rings (SSSR count). The number of aliphatic hydroxyl groups excluding tert-OH is 1. The van der Waals surface area contributed by atoms with Gasteiger partial charge in [0.2, 0.25) is 5.56 Å². The van der Waals surface area contributed by atoms with Crippen molar-refractivity contribution in [2.45, 2.75) is 45.1 Å². The summed E-state index contributed by atoms with van der Waals surface area (Å²) in [5.41, 5.74) is 0.952. The summed E-state index contributed by atoms with van der Waals surface area (Å²) in [6.45, 7) is 1.86. The Morgan fingerprint density at radius 3 is 2.85 bits per heavy atom. The molecule has 5 nitrogen and oxygen atoms in total. The molecule has 1 fully saturated rings. The van der Waals surface area contributed by atoms with E-state index >= 15 is 0 Å². The number of aryl methyl sites for hydroxylation is 1. The number of carbonyl (C=O) groups is 1. The largest absolute Gasteiger partial charge is 0.396 e. The minimum Gasteiger partial charge on any atom is -0.396 e. The molecular weight excluding hydrogens is 256 g/mol. The van der Waals surface area contributed by atoms with Crippen LogP contribution in [0, 0.1) is 12.8 Å². The van der Waals surface area contributed by atoms with E-state index in [2.05, 4.69) is 10.3 Å². The van der Waals surface area contributed by atoms with Crippen molar-refractivity contribution in [1.82, 2.24) is 10.3 Å². The molecule has 0 aromatic carbocycles. The zero-order chi connectivity index (χ0) is 14.5. The van der Waals surface area contributed by atoms with Crippen LogP contribution in [-0.2, 0) is 0 Å². The molecule has 1 amide bonds. The molecule has 1 aromatic heterocycles. The van der Waals surface area contributed by atoms with Gasteiger partial charge in [0.05, 0.1) is 5.56 Å². The fraction of sp³-hybridized carbons (Fsp3) is 0.600. The molecule has 5 heteroatoms. The number of rotatable bonds is 3. The van der Waals surface area contributed by atoms with Crippen LogP contribution in [0.2, 0.25) is 0 Å². The Labute approximate surface area is 118 Å². The quantitative estimate of drug-likeness (QED) is 0.730. The van der Waals surface area contributed by atoms with Crippen molar-refractivity contribution >= 4 is 5.91 Å². The van der Waals surface area contributed by atoms with Gasteiger partial charge in [-0.2, -0.15) is 0 Å². The number of carbonyl (C=O) groups excluding carboxylic acids is 1. The van der Waals surface area contributed by atoms with E-state index in [-0.39, 0.29) is 30.0 Å². The fourth-order valence-corrected chi connectivity index (χ4v) is 2.86. The van der Waals surface area contributed by atoms with Crippen LogP contribution < -0.4 is 10.9 Å². The van der Waals surface area contributed by atoms with E-state index in [9.17, 15) is 14.7 Å². The summed E-state index contributed by atoms with van der Waals surface area (Å²) in [4.78, 5) is 26.0. The van der Waals surface area contributed by atoms with Gasteiger partial charge in [-0.25, -0.2) is 0 Å². The zero-order valence-electron chi connectivity index (χ0n) is 11.8. The van der Waals surface area contributed by atoms with E-state index in [0.29, 0.717) is 11.1 Å². The third-order valence-electron chi connectivity index (χ3n) is 4.09. The molecular formula is C15H22N2O3. The summed E-state index contributed by atoms with van der Waals surface area (Å²) in [6, 6.07) is 1.44. The van der Waals surface area contributed by atoms with Crippen LogP contribution in [0.15, 0.2) is 17.1 Å². The number of hydrogen-bond acceptors (Lipinski definition) is 3. The first-order valence-electron chi connectivity index (χ1n) is 7.23. The van der Waals surface area contributed by atoms with E-state index in [1.807, 2.05) is 0 Å². The van der Waals surface area contributed by atoms with Crippen molar-refractivity contribution in [3.8, 4) is 0 Å². The Morgan fingerprint density at radius 1 is 1.40 bits per heavy atom. The van der Waals surface area contributed by atoms with E-state index in [4.69, 9.17) is 0 Å². The van der Waals surface area contributed by atoms with Crippen LogP contribution in [0.1, 0.15) is 48.0 Å². The Bertz CT molecular complexity index is 524. The van der Waals surface area contributed by atoms with Gasteiger partial charge in [0.1, 0.15) is 0 Å². The molecule has 20 heavy (non-hydrogen) atoms. The average molecular weight is 278 g/mol. The summed E-state index contributed by atoms with van der Waals surface area (Å²) in [5.74, 6) is -0.0476. The van der Waals surface area contributed by atoms with E-state index in [1.54, 1.807) is 6.92 Å². The first-order valence-corrected chi connectivity index (χ1v) is 7.23. The van der Waals surface area contributed by atoms with E-state index < -0.39 is 0 Å². The van der Waals surface area contributed by atoms with E-state index in [0.717, 1.165) is 32.1 Å². The standard InChI is InChI=1S/C15H22N2O3/c1-10-7-14(19)16-8-12(10)15(20)17-13-6-4-2-3-5-11(13)9-18/h7-8,11,13,18H,2-6,9H2,1H3,(H,16,19)(H,17,20). The lowest BCUT2D eigenvalue weighted by Gasteiger charge is -2.24. The van der Waals surface area contributed by atoms with Gasteiger partial charge in [-0.1, -0.05) is 19.3 Å². The highest BCUT2D eigenvalue weighted by molar-refractivity contribution is 5.95. The lowest BCUT2D eigenvalue weighted by Crippen LogP contribution is -2.41. The van der Waals surface area contributed by atoms with Gasteiger partial charge in [0.15, 0.2) is 0 Å². The number of amides is 1. The smallest absolute Gasteiger partial charge is 0.253 e. The number of hydrogen-bond donors (Lipinski definition) is 3. The van der Waals surface area contributed by atoms with Crippen LogP contribution in [0.25, 0.3) is 0 Å². The first kappa shape index (κ1) is 14.8. The van der Waals surface area contributed by atoms with Crippen molar-refractivity contribution in [3.63, 3.8) is 0 Å². The molecule has 1 aliphatic carbocycles. The number of H-pyrrole nitrogens is 1. The third-order valence-corrected chi connectivity index (χ3v) is 4.09. The lowest BCUT2D eigenvalue weighted by molar-refractivity contribution is 0.0898. The SMILES string of the molecule is Cc1cc(=O)[nH]cc1C(=O)NC1CCCCCC1CO. The molecule has 0 saturated heterocycles. The Balaban J connectivity index is 2.10. The minimum absolute atomic E-state index is 0.0151. The molecule has 2 unspecified atom stereocenters. The summed E-state index contributed by atoms with van der Waals surface area (Å²) in [6.07, 6.45) is 6.64. The molecule has 1 heterocycles. The number of aromatic amines is 1. The molecule has 0 radical (unpaired) electrons. The van der Waals surface area contributed by atoms with Crippen molar-refractivity contribution in [2.75, 3.05) is 6.61 Å². The minimum atomic E-state index is -0.207. The number of pyridine rings is 1. The van der Waals surface area contributed by atoms with Crippen LogP contribution in [0.4, 0.5) is 0 Å². The van der Waals surface area contributed by atoms with Gasteiger partial charge in [-0.15, -0.1) is 0 Å². The summed E-state index contributed by atoms with van der Waals surface area (Å²) >= 11 is 0. The molecule has 1 aliphatic rings. The summed E-state index contributed by atoms with van der Waals surface area (Å²) < 4.78 is 0.